The summed E-state index contributed by atoms with van der Waals surface area (Å²) in [4.78, 5) is 7.56. The van der Waals surface area contributed by atoms with Crippen LogP contribution in [0.2, 0.25) is 0 Å². The molecule has 1 aliphatic rings. The van der Waals surface area contributed by atoms with Gasteiger partial charge in [0.25, 0.3) is 0 Å². The average molecular weight is 235 g/mol. The molecular formula is C8H8F3N3S. The molecule has 0 saturated carbocycles. The molecule has 2 heterocycles. The number of thioether (sulfide) groups is 1. The Morgan fingerprint density at radius 1 is 1.27 bits per heavy atom. The van der Waals surface area contributed by atoms with Crippen molar-refractivity contribution in [3.05, 3.63) is 17.0 Å². The third kappa shape index (κ3) is 1.93. The molecule has 3 nitrogen and oxygen atoms in total. The summed E-state index contributed by atoms with van der Waals surface area (Å²) >= 11 is 1.12. The maximum Gasteiger partial charge on any atom is 0.433 e. The van der Waals surface area contributed by atoms with Gasteiger partial charge in [-0.05, 0) is 6.26 Å². The minimum Gasteiger partial charge on any atom is -0.307 e. The summed E-state index contributed by atoms with van der Waals surface area (Å²) in [5.74, 6) is 0. The summed E-state index contributed by atoms with van der Waals surface area (Å²) in [5, 5.41) is 3.01. The van der Waals surface area contributed by atoms with Gasteiger partial charge < -0.3 is 5.32 Å². The normalized spacial score (nSPS) is 15.5. The molecule has 0 fully saturated rings. The minimum atomic E-state index is -4.40. The van der Waals surface area contributed by atoms with Crippen LogP contribution < -0.4 is 5.32 Å². The van der Waals surface area contributed by atoms with Gasteiger partial charge >= 0.3 is 6.18 Å². The van der Waals surface area contributed by atoms with Crippen molar-refractivity contribution >= 4 is 11.8 Å². The van der Waals surface area contributed by atoms with Crippen LogP contribution >= 0.6 is 11.8 Å². The summed E-state index contributed by atoms with van der Waals surface area (Å²) in [6.45, 7) is 0.577. The zero-order valence-corrected chi connectivity index (χ0v) is 8.67. The second kappa shape index (κ2) is 3.64. The lowest BCUT2D eigenvalue weighted by Gasteiger charge is -2.10. The molecule has 1 N–H and O–H groups in total. The molecular weight excluding hydrogens is 227 g/mol. The van der Waals surface area contributed by atoms with Crippen molar-refractivity contribution in [1.29, 1.82) is 0 Å². The van der Waals surface area contributed by atoms with Crippen molar-refractivity contribution in [3.8, 4) is 0 Å². The number of nitrogens with zero attached hydrogens (tertiary/aromatic N) is 2. The Kier molecular flexibility index (Phi) is 2.59. The predicted molar refractivity (Wildman–Crippen MR) is 49.4 cm³/mol. The third-order valence-corrected chi connectivity index (χ3v) is 2.67. The monoisotopic (exact) mass is 235 g/mol. The number of hydrogen-bond donors (Lipinski definition) is 1. The Balaban J connectivity index is 2.57. The molecule has 15 heavy (non-hydrogen) atoms. The molecule has 1 aromatic rings. The van der Waals surface area contributed by atoms with E-state index < -0.39 is 11.9 Å². The number of fused-ring (bicyclic) bond motifs is 1. The Morgan fingerprint density at radius 2 is 2.00 bits per heavy atom. The van der Waals surface area contributed by atoms with Crippen LogP contribution in [0.5, 0.6) is 0 Å². The van der Waals surface area contributed by atoms with Crippen LogP contribution in [-0.4, -0.2) is 16.2 Å². The lowest BCUT2D eigenvalue weighted by atomic mass is 10.2. The SMILES string of the molecule is CSc1nc2c(c(C(F)(F)F)n1)CNC2. The Hall–Kier alpha value is -0.820. The van der Waals surface area contributed by atoms with E-state index in [9.17, 15) is 13.2 Å². The van der Waals surface area contributed by atoms with Crippen LogP contribution in [0.25, 0.3) is 0 Å². The van der Waals surface area contributed by atoms with E-state index in [4.69, 9.17) is 0 Å². The molecule has 0 unspecified atom stereocenters. The first-order valence-corrected chi connectivity index (χ1v) is 5.46. The summed E-state index contributed by atoms with van der Waals surface area (Å²) in [6.07, 6.45) is -2.74. The molecule has 0 radical (unpaired) electrons. The molecule has 82 valence electrons. The standard InChI is InChI=1S/C8H8F3N3S/c1-15-7-13-5-3-12-2-4(5)6(14-7)8(9,10)11/h12H,2-3H2,1H3. The zero-order valence-electron chi connectivity index (χ0n) is 7.85. The number of halogens is 3. The topological polar surface area (TPSA) is 37.8 Å². The predicted octanol–water partition coefficient (Wildman–Crippen LogP) is 1.82. The smallest absolute Gasteiger partial charge is 0.307 e. The Labute approximate surface area is 88.5 Å². The second-order valence-electron chi connectivity index (χ2n) is 3.09. The van der Waals surface area contributed by atoms with Crippen molar-refractivity contribution in [3.63, 3.8) is 0 Å². The van der Waals surface area contributed by atoms with Crippen LogP contribution in [0.4, 0.5) is 13.2 Å². The number of nitrogens with one attached hydrogen (secondary N) is 1. The molecule has 1 aromatic heterocycles. The van der Waals surface area contributed by atoms with Gasteiger partial charge in [-0.3, -0.25) is 0 Å². The van der Waals surface area contributed by atoms with E-state index in [-0.39, 0.29) is 17.3 Å². The van der Waals surface area contributed by atoms with Gasteiger partial charge in [-0.1, -0.05) is 11.8 Å². The van der Waals surface area contributed by atoms with Gasteiger partial charge in [0, 0.05) is 18.7 Å². The largest absolute Gasteiger partial charge is 0.433 e. The number of rotatable bonds is 1. The first-order valence-electron chi connectivity index (χ1n) is 4.24. The molecule has 0 bridgehead atoms. The van der Waals surface area contributed by atoms with Gasteiger partial charge in [-0.2, -0.15) is 13.2 Å². The minimum absolute atomic E-state index is 0.171. The first kappa shape index (κ1) is 10.7. The molecule has 2 rings (SSSR count). The molecule has 0 atom stereocenters. The van der Waals surface area contributed by atoms with Crippen molar-refractivity contribution in [2.45, 2.75) is 24.4 Å². The van der Waals surface area contributed by atoms with Crippen molar-refractivity contribution in [1.82, 2.24) is 15.3 Å². The third-order valence-electron chi connectivity index (χ3n) is 2.12. The molecule has 7 heteroatoms. The van der Waals surface area contributed by atoms with Crippen LogP contribution in [0.1, 0.15) is 17.0 Å². The summed E-state index contributed by atoms with van der Waals surface area (Å²) < 4.78 is 37.9. The van der Waals surface area contributed by atoms with Gasteiger partial charge in [-0.15, -0.1) is 0 Å². The number of aromatic nitrogens is 2. The fraction of sp³-hybridized carbons (Fsp3) is 0.500. The average Bonchev–Trinajstić information content (AvgIpc) is 2.61. The highest BCUT2D eigenvalue weighted by Crippen LogP contribution is 2.33. The van der Waals surface area contributed by atoms with Gasteiger partial charge in [0.1, 0.15) is 0 Å². The number of alkyl halides is 3. The quantitative estimate of drug-likeness (QED) is 0.595. The van der Waals surface area contributed by atoms with Gasteiger partial charge in [0.15, 0.2) is 10.9 Å². The highest BCUT2D eigenvalue weighted by Gasteiger charge is 2.38. The summed E-state index contributed by atoms with van der Waals surface area (Å²) in [6, 6.07) is 0. The summed E-state index contributed by atoms with van der Waals surface area (Å²) in [7, 11) is 0. The Morgan fingerprint density at radius 3 is 2.60 bits per heavy atom. The van der Waals surface area contributed by atoms with Crippen molar-refractivity contribution in [2.24, 2.45) is 0 Å². The molecule has 1 aliphatic heterocycles. The highest BCUT2D eigenvalue weighted by atomic mass is 32.2. The first-order chi connectivity index (χ1) is 7.02. The molecule has 0 aliphatic carbocycles. The molecule has 0 aromatic carbocycles. The maximum atomic E-state index is 12.6. The van der Waals surface area contributed by atoms with Crippen LogP contribution in [0.3, 0.4) is 0 Å². The zero-order chi connectivity index (χ0) is 11.1. The van der Waals surface area contributed by atoms with Crippen LogP contribution in [0, 0.1) is 0 Å². The highest BCUT2D eigenvalue weighted by molar-refractivity contribution is 7.98. The van der Waals surface area contributed by atoms with E-state index in [0.717, 1.165) is 11.8 Å². The lowest BCUT2D eigenvalue weighted by Crippen LogP contribution is -2.14. The fourth-order valence-electron chi connectivity index (χ4n) is 1.47. The second-order valence-corrected chi connectivity index (χ2v) is 3.86. The molecule has 0 spiro atoms. The van der Waals surface area contributed by atoms with Gasteiger partial charge in [0.2, 0.25) is 0 Å². The van der Waals surface area contributed by atoms with Crippen molar-refractivity contribution < 1.29 is 13.2 Å². The van der Waals surface area contributed by atoms with E-state index in [0.29, 0.717) is 12.2 Å². The van der Waals surface area contributed by atoms with E-state index in [1.54, 1.807) is 6.26 Å². The number of hydrogen-bond acceptors (Lipinski definition) is 4. The van der Waals surface area contributed by atoms with Gasteiger partial charge in [0.05, 0.1) is 5.69 Å². The van der Waals surface area contributed by atoms with E-state index in [1.807, 2.05) is 0 Å². The van der Waals surface area contributed by atoms with E-state index >= 15 is 0 Å². The Bertz CT molecular complexity index is 391. The van der Waals surface area contributed by atoms with Crippen molar-refractivity contribution in [2.75, 3.05) is 6.26 Å². The fourth-order valence-corrected chi connectivity index (χ4v) is 1.86. The van der Waals surface area contributed by atoms with Crippen LogP contribution in [-0.2, 0) is 19.3 Å². The van der Waals surface area contributed by atoms with E-state index in [1.165, 1.54) is 0 Å². The molecule has 0 amide bonds. The maximum absolute atomic E-state index is 12.6. The van der Waals surface area contributed by atoms with Gasteiger partial charge in [-0.25, -0.2) is 9.97 Å². The van der Waals surface area contributed by atoms with Crippen LogP contribution in [0.15, 0.2) is 5.16 Å². The van der Waals surface area contributed by atoms with E-state index in [2.05, 4.69) is 15.3 Å². The molecule has 0 saturated heterocycles. The summed E-state index contributed by atoms with van der Waals surface area (Å²) in [5.41, 5.74) is -0.163. The lowest BCUT2D eigenvalue weighted by molar-refractivity contribution is -0.142.